The van der Waals surface area contributed by atoms with E-state index in [1.165, 1.54) is 33.4 Å². The highest BCUT2D eigenvalue weighted by molar-refractivity contribution is 5.95. The first-order chi connectivity index (χ1) is 8.11. The van der Waals surface area contributed by atoms with Crippen LogP contribution in [0.15, 0.2) is 48.1 Å². The summed E-state index contributed by atoms with van der Waals surface area (Å²) in [5, 5.41) is 0. The van der Waals surface area contributed by atoms with E-state index in [4.69, 9.17) is 0 Å². The Balaban J connectivity index is 2.44. The van der Waals surface area contributed by atoms with Gasteiger partial charge in [0.15, 0.2) is 0 Å². The van der Waals surface area contributed by atoms with Gasteiger partial charge in [-0.25, -0.2) is 0 Å². The van der Waals surface area contributed by atoms with Gasteiger partial charge in [-0.3, -0.25) is 0 Å². The Morgan fingerprint density at radius 2 is 2.06 bits per heavy atom. The summed E-state index contributed by atoms with van der Waals surface area (Å²) in [6, 6.07) is 6.73. The highest BCUT2D eigenvalue weighted by atomic mass is 14.4. The van der Waals surface area contributed by atoms with E-state index < -0.39 is 0 Å². The van der Waals surface area contributed by atoms with Crippen LogP contribution in [0, 0.1) is 0 Å². The molecule has 0 unspecified atom stereocenters. The molecule has 2 aliphatic carbocycles. The van der Waals surface area contributed by atoms with Crippen molar-refractivity contribution in [3.8, 4) is 0 Å². The SMILES string of the molecule is C=CC1=C2/C(=C\C)Cc3cccc(c32)C1(C)C. The first-order valence-corrected chi connectivity index (χ1v) is 6.26. The lowest BCUT2D eigenvalue weighted by Gasteiger charge is -2.23. The van der Waals surface area contributed by atoms with Crippen molar-refractivity contribution in [2.24, 2.45) is 0 Å². The minimum absolute atomic E-state index is 0.108. The molecule has 0 amide bonds. The van der Waals surface area contributed by atoms with Crippen molar-refractivity contribution in [3.63, 3.8) is 0 Å². The fraction of sp³-hybridized carbons (Fsp3) is 0.294. The molecule has 17 heavy (non-hydrogen) atoms. The Morgan fingerprint density at radius 1 is 1.29 bits per heavy atom. The Kier molecular flexibility index (Phi) is 2.01. The first-order valence-electron chi connectivity index (χ1n) is 6.26. The molecule has 2 aliphatic rings. The minimum atomic E-state index is 0.108. The van der Waals surface area contributed by atoms with E-state index in [0.717, 1.165) is 6.42 Å². The second-order valence-corrected chi connectivity index (χ2v) is 5.45. The van der Waals surface area contributed by atoms with Gasteiger partial charge in [-0.1, -0.05) is 50.8 Å². The second kappa shape index (κ2) is 3.22. The largest absolute Gasteiger partial charge is 0.0987 e. The van der Waals surface area contributed by atoms with Crippen molar-refractivity contribution in [1.82, 2.24) is 0 Å². The van der Waals surface area contributed by atoms with Crippen LogP contribution in [0.2, 0.25) is 0 Å². The van der Waals surface area contributed by atoms with Crippen molar-refractivity contribution in [2.75, 3.05) is 0 Å². The molecule has 0 N–H and O–H groups in total. The summed E-state index contributed by atoms with van der Waals surface area (Å²) in [5.74, 6) is 0. The van der Waals surface area contributed by atoms with Crippen LogP contribution in [0.5, 0.6) is 0 Å². The van der Waals surface area contributed by atoms with E-state index in [2.05, 4.69) is 51.6 Å². The topological polar surface area (TPSA) is 0 Å². The Labute approximate surface area is 103 Å². The molecule has 1 aromatic carbocycles. The molecule has 1 aromatic rings. The second-order valence-electron chi connectivity index (χ2n) is 5.45. The lowest BCUT2D eigenvalue weighted by Crippen LogP contribution is -2.16. The molecule has 0 heteroatoms. The fourth-order valence-electron chi connectivity index (χ4n) is 3.39. The molecule has 0 aromatic heterocycles. The van der Waals surface area contributed by atoms with Gasteiger partial charge < -0.3 is 0 Å². The minimum Gasteiger partial charge on any atom is -0.0987 e. The summed E-state index contributed by atoms with van der Waals surface area (Å²) in [4.78, 5) is 0. The Morgan fingerprint density at radius 3 is 2.71 bits per heavy atom. The molecular formula is C17H18. The van der Waals surface area contributed by atoms with Crippen molar-refractivity contribution < 1.29 is 0 Å². The third-order valence-corrected chi connectivity index (χ3v) is 4.27. The summed E-state index contributed by atoms with van der Waals surface area (Å²) in [6.07, 6.45) is 5.39. The summed E-state index contributed by atoms with van der Waals surface area (Å²) >= 11 is 0. The van der Waals surface area contributed by atoms with E-state index >= 15 is 0 Å². The standard InChI is InChI=1S/C17H18/c1-5-11-10-12-8-7-9-14-16(12)15(11)13(6-2)17(14,3)4/h5-9H,2,10H2,1,3-4H3/b11-5-. The van der Waals surface area contributed by atoms with Gasteiger partial charge in [0.25, 0.3) is 0 Å². The van der Waals surface area contributed by atoms with Crippen LogP contribution >= 0.6 is 0 Å². The van der Waals surface area contributed by atoms with Crippen molar-refractivity contribution in [1.29, 1.82) is 0 Å². The molecule has 0 fully saturated rings. The van der Waals surface area contributed by atoms with E-state index in [9.17, 15) is 0 Å². The molecule has 0 spiro atoms. The van der Waals surface area contributed by atoms with Gasteiger partial charge in [0.05, 0.1) is 0 Å². The molecule has 3 rings (SSSR count). The van der Waals surface area contributed by atoms with Crippen LogP contribution in [0.1, 0.15) is 37.5 Å². The normalized spacial score (nSPS) is 22.2. The molecule has 0 saturated carbocycles. The summed E-state index contributed by atoms with van der Waals surface area (Å²) in [5.41, 5.74) is 8.86. The van der Waals surface area contributed by atoms with Crippen LogP contribution in [0.4, 0.5) is 0 Å². The maximum atomic E-state index is 4.03. The third kappa shape index (κ3) is 1.13. The van der Waals surface area contributed by atoms with E-state index in [1.807, 2.05) is 6.08 Å². The predicted molar refractivity (Wildman–Crippen MR) is 74.0 cm³/mol. The molecule has 0 heterocycles. The number of benzene rings is 1. The predicted octanol–water partition coefficient (Wildman–Crippen LogP) is 4.42. The zero-order chi connectivity index (χ0) is 12.2. The Bertz CT molecular complexity index is 580. The van der Waals surface area contributed by atoms with Gasteiger partial charge in [0, 0.05) is 5.41 Å². The molecule has 0 radical (unpaired) electrons. The van der Waals surface area contributed by atoms with Gasteiger partial charge in [-0.15, -0.1) is 0 Å². The molecule has 0 nitrogen and oxygen atoms in total. The lowest BCUT2D eigenvalue weighted by atomic mass is 9.80. The highest BCUT2D eigenvalue weighted by Gasteiger charge is 2.40. The zero-order valence-electron chi connectivity index (χ0n) is 10.8. The molecule has 0 aliphatic heterocycles. The van der Waals surface area contributed by atoms with E-state index in [0.29, 0.717) is 0 Å². The summed E-state index contributed by atoms with van der Waals surface area (Å²) in [7, 11) is 0. The summed E-state index contributed by atoms with van der Waals surface area (Å²) in [6.45, 7) is 10.8. The van der Waals surface area contributed by atoms with E-state index in [-0.39, 0.29) is 5.41 Å². The average molecular weight is 222 g/mol. The quantitative estimate of drug-likeness (QED) is 0.660. The monoisotopic (exact) mass is 222 g/mol. The van der Waals surface area contributed by atoms with Gasteiger partial charge in [-0.2, -0.15) is 0 Å². The summed E-state index contributed by atoms with van der Waals surface area (Å²) < 4.78 is 0. The van der Waals surface area contributed by atoms with Crippen molar-refractivity contribution >= 4 is 5.57 Å². The van der Waals surface area contributed by atoms with Crippen LogP contribution < -0.4 is 0 Å². The molecule has 0 atom stereocenters. The van der Waals surface area contributed by atoms with Crippen molar-refractivity contribution in [2.45, 2.75) is 32.6 Å². The maximum absolute atomic E-state index is 4.03. The maximum Gasteiger partial charge on any atom is 0.0158 e. The average Bonchev–Trinajstić information content (AvgIpc) is 2.78. The molecule has 0 saturated heterocycles. The van der Waals surface area contributed by atoms with Crippen LogP contribution in [-0.4, -0.2) is 0 Å². The fourth-order valence-corrected chi connectivity index (χ4v) is 3.39. The van der Waals surface area contributed by atoms with Gasteiger partial charge in [0.1, 0.15) is 0 Å². The number of allylic oxidation sites excluding steroid dienone is 5. The van der Waals surface area contributed by atoms with Gasteiger partial charge in [0.2, 0.25) is 0 Å². The number of hydrogen-bond donors (Lipinski definition) is 0. The van der Waals surface area contributed by atoms with Gasteiger partial charge in [-0.05, 0) is 46.8 Å². The third-order valence-electron chi connectivity index (χ3n) is 4.27. The molecule has 0 bridgehead atoms. The van der Waals surface area contributed by atoms with E-state index in [1.54, 1.807) is 0 Å². The zero-order valence-corrected chi connectivity index (χ0v) is 10.8. The molecular weight excluding hydrogens is 204 g/mol. The smallest absolute Gasteiger partial charge is 0.0158 e. The van der Waals surface area contributed by atoms with Crippen molar-refractivity contribution in [3.05, 3.63) is 64.8 Å². The highest BCUT2D eigenvalue weighted by Crippen LogP contribution is 2.54. The van der Waals surface area contributed by atoms with Crippen LogP contribution in [-0.2, 0) is 11.8 Å². The lowest BCUT2D eigenvalue weighted by molar-refractivity contribution is 0.653. The molecule has 86 valence electrons. The number of hydrogen-bond acceptors (Lipinski definition) is 0. The van der Waals surface area contributed by atoms with Gasteiger partial charge >= 0.3 is 0 Å². The van der Waals surface area contributed by atoms with Crippen LogP contribution in [0.3, 0.4) is 0 Å². The van der Waals surface area contributed by atoms with Crippen LogP contribution in [0.25, 0.3) is 5.57 Å². The first kappa shape index (κ1) is 10.6. The number of rotatable bonds is 1. The Hall–Kier alpha value is -1.56.